The van der Waals surface area contributed by atoms with Gasteiger partial charge in [-0.25, -0.2) is 0 Å². The summed E-state index contributed by atoms with van der Waals surface area (Å²) >= 11 is 0.149. The van der Waals surface area contributed by atoms with Crippen molar-refractivity contribution in [3.05, 3.63) is 0 Å². The molecule has 0 fully saturated rings. The third-order valence-corrected chi connectivity index (χ3v) is 5.45. The Kier molecular flexibility index (Phi) is 27.2. The fourth-order valence-corrected chi connectivity index (χ4v) is 4.89. The molecule has 17 heavy (non-hydrogen) atoms. The van der Waals surface area contributed by atoms with Crippen molar-refractivity contribution in [2.24, 2.45) is 11.5 Å². The van der Waals surface area contributed by atoms with Crippen LogP contribution in [0.2, 0.25) is 8.87 Å². The minimum atomic E-state index is -0.333. The van der Waals surface area contributed by atoms with Crippen molar-refractivity contribution in [2.45, 2.75) is 62.3 Å². The van der Waals surface area contributed by atoms with Gasteiger partial charge in [-0.3, -0.25) is 9.59 Å². The van der Waals surface area contributed by atoms with Crippen LogP contribution in [0.15, 0.2) is 0 Å². The zero-order valence-corrected chi connectivity index (χ0v) is 14.6. The molecule has 0 atom stereocenters. The van der Waals surface area contributed by atoms with Gasteiger partial charge in [-0.2, -0.15) is 0 Å². The van der Waals surface area contributed by atoms with Crippen LogP contribution in [0.3, 0.4) is 0 Å². The topological polar surface area (TPSA) is 86.2 Å². The van der Waals surface area contributed by atoms with E-state index in [1.54, 1.807) is 8.87 Å². The standard InChI is InChI=1S/2C4H9.2C2H5NO.Sn/c2*1-3-4-2;2*1-2(3)4;/h2*1,3-4H2,2H3;2*1H3,(H2,3,4);. The summed E-state index contributed by atoms with van der Waals surface area (Å²) in [4.78, 5) is 18.4. The number of hydrogen-bond donors (Lipinski definition) is 2. The Labute approximate surface area is 116 Å². The number of rotatable bonds is 6. The molecule has 0 aliphatic carbocycles. The predicted molar refractivity (Wildman–Crippen MR) is 74.9 cm³/mol. The first kappa shape index (κ1) is 22.0. The summed E-state index contributed by atoms with van der Waals surface area (Å²) in [6.07, 6.45) is 5.84. The molecule has 0 rings (SSSR count). The first-order valence-electron chi connectivity index (χ1n) is 6.11. The van der Waals surface area contributed by atoms with Crippen LogP contribution in [-0.4, -0.2) is 33.0 Å². The van der Waals surface area contributed by atoms with Crippen LogP contribution in [0.1, 0.15) is 53.4 Å². The van der Waals surface area contributed by atoms with E-state index in [2.05, 4.69) is 25.3 Å². The fourth-order valence-electron chi connectivity index (χ4n) is 0.729. The Bertz CT molecular complexity index is 150. The molecule has 0 aromatic rings. The van der Waals surface area contributed by atoms with E-state index >= 15 is 0 Å². The van der Waals surface area contributed by atoms with Crippen molar-refractivity contribution in [1.82, 2.24) is 0 Å². The second-order valence-electron chi connectivity index (χ2n) is 3.68. The van der Waals surface area contributed by atoms with Gasteiger partial charge in [0.05, 0.1) is 0 Å². The van der Waals surface area contributed by atoms with Gasteiger partial charge in [0.2, 0.25) is 11.8 Å². The number of primary amides is 2. The van der Waals surface area contributed by atoms with Crippen LogP contribution < -0.4 is 11.5 Å². The van der Waals surface area contributed by atoms with Gasteiger partial charge in [-0.1, -0.05) is 0 Å². The molecule has 0 aromatic carbocycles. The second-order valence-corrected chi connectivity index (χ2v) is 7.96. The van der Waals surface area contributed by atoms with E-state index in [0.717, 1.165) is 0 Å². The third kappa shape index (κ3) is 90.2. The Hall–Kier alpha value is -0.261. The van der Waals surface area contributed by atoms with Crippen LogP contribution in [0.5, 0.6) is 0 Å². The maximum absolute atomic E-state index is 9.22. The van der Waals surface area contributed by atoms with E-state index in [1.165, 1.54) is 39.5 Å². The van der Waals surface area contributed by atoms with Gasteiger partial charge in [-0.05, 0) is 0 Å². The molecular weight excluding hydrogens is 323 g/mol. The molecule has 2 radical (unpaired) electrons. The van der Waals surface area contributed by atoms with Crippen molar-refractivity contribution in [3.8, 4) is 0 Å². The van der Waals surface area contributed by atoms with Crippen molar-refractivity contribution >= 4 is 33.0 Å². The zero-order valence-electron chi connectivity index (χ0n) is 11.7. The van der Waals surface area contributed by atoms with Gasteiger partial charge in [0.15, 0.2) is 0 Å². The van der Waals surface area contributed by atoms with Gasteiger partial charge >= 0.3 is 69.5 Å². The Morgan fingerprint density at radius 2 is 1.12 bits per heavy atom. The van der Waals surface area contributed by atoms with E-state index in [-0.39, 0.29) is 33.0 Å². The molecule has 2 amide bonds. The van der Waals surface area contributed by atoms with Gasteiger partial charge in [-0.15, -0.1) is 0 Å². The fraction of sp³-hybridized carbons (Fsp3) is 0.833. The number of amides is 2. The molecule has 0 aliphatic rings. The summed E-state index contributed by atoms with van der Waals surface area (Å²) in [5.74, 6) is -0.667. The molecule has 4 N–H and O–H groups in total. The molecule has 0 aromatic heterocycles. The molecule has 0 heterocycles. The summed E-state index contributed by atoms with van der Waals surface area (Å²) < 4.78 is 3.25. The van der Waals surface area contributed by atoms with Crippen LogP contribution in [0, 0.1) is 0 Å². The van der Waals surface area contributed by atoms with Crippen molar-refractivity contribution in [2.75, 3.05) is 0 Å². The van der Waals surface area contributed by atoms with E-state index in [4.69, 9.17) is 0 Å². The summed E-state index contributed by atoms with van der Waals surface area (Å²) in [6.45, 7) is 7.19. The van der Waals surface area contributed by atoms with Crippen LogP contribution >= 0.6 is 0 Å². The van der Waals surface area contributed by atoms with Crippen LogP contribution in [0.4, 0.5) is 0 Å². The summed E-state index contributed by atoms with van der Waals surface area (Å²) in [5.41, 5.74) is 8.94. The number of carbonyl (C=O) groups excluding carboxylic acids is 2. The summed E-state index contributed by atoms with van der Waals surface area (Å²) in [6, 6.07) is 0. The van der Waals surface area contributed by atoms with Crippen LogP contribution in [0.25, 0.3) is 0 Å². The Morgan fingerprint density at radius 3 is 1.29 bits per heavy atom. The van der Waals surface area contributed by atoms with E-state index in [1.807, 2.05) is 0 Å². The Morgan fingerprint density at radius 1 is 0.882 bits per heavy atom. The molecule has 0 aliphatic heterocycles. The summed E-state index contributed by atoms with van der Waals surface area (Å²) in [5, 5.41) is 0. The van der Waals surface area contributed by atoms with Gasteiger partial charge in [0, 0.05) is 13.8 Å². The molecular formula is C12H28N2O2Sn. The molecule has 0 saturated carbocycles. The Balaban J connectivity index is -0.000000205. The molecule has 4 nitrogen and oxygen atoms in total. The first-order chi connectivity index (χ1) is 7.88. The number of carbonyl (C=O) groups is 2. The maximum atomic E-state index is 9.22. The normalized spacial score (nSPS) is 8.24. The van der Waals surface area contributed by atoms with E-state index in [9.17, 15) is 9.59 Å². The first-order valence-corrected chi connectivity index (χ1v) is 10.1. The molecule has 0 saturated heterocycles. The second kappa shape index (κ2) is 21.1. The van der Waals surface area contributed by atoms with Gasteiger partial charge in [0.1, 0.15) is 0 Å². The van der Waals surface area contributed by atoms with Crippen LogP contribution in [-0.2, 0) is 9.59 Å². The number of nitrogens with two attached hydrogens (primary N) is 2. The van der Waals surface area contributed by atoms with Crippen molar-refractivity contribution in [3.63, 3.8) is 0 Å². The quantitative estimate of drug-likeness (QED) is 0.567. The van der Waals surface area contributed by atoms with E-state index < -0.39 is 0 Å². The van der Waals surface area contributed by atoms with Crippen molar-refractivity contribution in [1.29, 1.82) is 0 Å². The van der Waals surface area contributed by atoms with Gasteiger partial charge in [0.25, 0.3) is 0 Å². The minimum absolute atomic E-state index is 0.149. The van der Waals surface area contributed by atoms with E-state index in [0.29, 0.717) is 0 Å². The summed E-state index contributed by atoms with van der Waals surface area (Å²) in [7, 11) is 0. The number of unbranched alkanes of at least 4 members (excludes halogenated alkanes) is 2. The molecule has 0 spiro atoms. The average Bonchev–Trinajstić information content (AvgIpc) is 2.16. The average molecular weight is 351 g/mol. The monoisotopic (exact) mass is 352 g/mol. The molecule has 0 bridgehead atoms. The van der Waals surface area contributed by atoms with Gasteiger partial charge < -0.3 is 11.5 Å². The van der Waals surface area contributed by atoms with Crippen molar-refractivity contribution < 1.29 is 9.59 Å². The zero-order chi connectivity index (χ0) is 14.1. The molecule has 5 heteroatoms. The third-order valence-electron chi connectivity index (χ3n) is 1.41. The molecule has 0 unspecified atom stereocenters. The number of hydrogen-bond acceptors (Lipinski definition) is 2. The predicted octanol–water partition coefficient (Wildman–Crippen LogP) is 2.11. The SMILES string of the molecule is CC(N)=O.CC(N)=O.CCC[CH2][Sn][CH2]CCC. The molecule has 102 valence electrons.